The Balaban J connectivity index is 2.58. The molecule has 0 atom stereocenters. The molecule has 1 amide bonds. The summed E-state index contributed by atoms with van der Waals surface area (Å²) in [6.45, 7) is 8.37. The second-order valence-corrected chi connectivity index (χ2v) is 3.65. The molecule has 1 rings (SSSR count). The van der Waals surface area contributed by atoms with Gasteiger partial charge in [-0.15, -0.1) is 0 Å². The van der Waals surface area contributed by atoms with Gasteiger partial charge in [0.1, 0.15) is 0 Å². The molecule has 0 aromatic carbocycles. The number of nitrogens with one attached hydrogen (secondary N) is 1. The summed E-state index contributed by atoms with van der Waals surface area (Å²) in [6.07, 6.45) is 0. The summed E-state index contributed by atoms with van der Waals surface area (Å²) in [7, 11) is 0. The topological polar surface area (TPSA) is 32.3 Å². The van der Waals surface area contributed by atoms with E-state index in [1.165, 1.54) is 0 Å². The first-order valence-corrected chi connectivity index (χ1v) is 4.08. The zero-order valence-electron chi connectivity index (χ0n) is 7.48. The van der Waals surface area contributed by atoms with E-state index in [-0.39, 0.29) is 11.4 Å². The fourth-order valence-corrected chi connectivity index (χ4v) is 1.34. The van der Waals surface area contributed by atoms with E-state index in [1.54, 1.807) is 0 Å². The highest BCUT2D eigenvalue weighted by atomic mass is 16.2. The summed E-state index contributed by atoms with van der Waals surface area (Å²) in [5.74, 6) is 0.215. The average molecular weight is 156 g/mol. The zero-order valence-corrected chi connectivity index (χ0v) is 7.48. The molecule has 1 heterocycles. The minimum Gasteiger partial charge on any atom is -0.340 e. The van der Waals surface area contributed by atoms with E-state index in [0.29, 0.717) is 6.54 Å². The van der Waals surface area contributed by atoms with Gasteiger partial charge in [-0.1, -0.05) is 0 Å². The SMILES string of the molecule is CCN1CC(C)(C)NCC1=O. The third kappa shape index (κ3) is 1.93. The van der Waals surface area contributed by atoms with Crippen LogP contribution in [-0.4, -0.2) is 36.0 Å². The van der Waals surface area contributed by atoms with E-state index < -0.39 is 0 Å². The normalized spacial score (nSPS) is 23.9. The number of rotatable bonds is 1. The van der Waals surface area contributed by atoms with Crippen LogP contribution < -0.4 is 5.32 Å². The van der Waals surface area contributed by atoms with Gasteiger partial charge in [0.25, 0.3) is 0 Å². The Morgan fingerprint density at radius 3 is 2.73 bits per heavy atom. The first-order valence-electron chi connectivity index (χ1n) is 4.08. The van der Waals surface area contributed by atoms with Crippen LogP contribution in [0, 0.1) is 0 Å². The minimum atomic E-state index is 0.0872. The predicted molar refractivity (Wildman–Crippen MR) is 44.3 cm³/mol. The molecule has 3 heteroatoms. The predicted octanol–water partition coefficient (Wildman–Crippen LogP) is 0.217. The summed E-state index contributed by atoms with van der Waals surface area (Å²) in [5.41, 5.74) is 0.0872. The van der Waals surface area contributed by atoms with Crippen LogP contribution in [0.4, 0.5) is 0 Å². The second-order valence-electron chi connectivity index (χ2n) is 3.65. The van der Waals surface area contributed by atoms with Gasteiger partial charge in [-0.2, -0.15) is 0 Å². The van der Waals surface area contributed by atoms with Crippen LogP contribution >= 0.6 is 0 Å². The number of amides is 1. The van der Waals surface area contributed by atoms with Crippen LogP contribution in [0.2, 0.25) is 0 Å². The number of piperazine rings is 1. The van der Waals surface area contributed by atoms with Gasteiger partial charge in [-0.25, -0.2) is 0 Å². The van der Waals surface area contributed by atoms with Crippen LogP contribution in [0.3, 0.4) is 0 Å². The number of hydrogen-bond acceptors (Lipinski definition) is 2. The first-order chi connectivity index (χ1) is 5.05. The van der Waals surface area contributed by atoms with Crippen LogP contribution in [0.1, 0.15) is 20.8 Å². The molecule has 0 spiro atoms. The summed E-state index contributed by atoms with van der Waals surface area (Å²) in [6, 6.07) is 0. The molecule has 0 aromatic heterocycles. The number of nitrogens with zero attached hydrogens (tertiary/aromatic N) is 1. The lowest BCUT2D eigenvalue weighted by Crippen LogP contribution is -2.59. The quantitative estimate of drug-likeness (QED) is 0.589. The van der Waals surface area contributed by atoms with Crippen LogP contribution in [0.15, 0.2) is 0 Å². The molecule has 1 N–H and O–H groups in total. The summed E-state index contributed by atoms with van der Waals surface area (Å²) in [5, 5.41) is 3.18. The monoisotopic (exact) mass is 156 g/mol. The van der Waals surface area contributed by atoms with Crippen LogP contribution in [-0.2, 0) is 4.79 Å². The molecule has 0 bridgehead atoms. The Kier molecular flexibility index (Phi) is 2.18. The van der Waals surface area contributed by atoms with E-state index >= 15 is 0 Å². The first kappa shape index (κ1) is 8.53. The highest BCUT2D eigenvalue weighted by molar-refractivity contribution is 5.79. The Labute approximate surface area is 67.8 Å². The molecule has 1 aliphatic rings. The van der Waals surface area contributed by atoms with E-state index in [4.69, 9.17) is 0 Å². The van der Waals surface area contributed by atoms with Gasteiger partial charge in [0.2, 0.25) is 5.91 Å². The molecular weight excluding hydrogens is 140 g/mol. The van der Waals surface area contributed by atoms with Crippen molar-refractivity contribution in [1.82, 2.24) is 10.2 Å². The van der Waals surface area contributed by atoms with Crippen molar-refractivity contribution in [2.75, 3.05) is 19.6 Å². The zero-order chi connectivity index (χ0) is 8.48. The number of carbonyl (C=O) groups is 1. The highest BCUT2D eigenvalue weighted by Crippen LogP contribution is 2.09. The lowest BCUT2D eigenvalue weighted by Gasteiger charge is -2.38. The van der Waals surface area contributed by atoms with Gasteiger partial charge >= 0.3 is 0 Å². The molecule has 1 saturated heterocycles. The van der Waals surface area contributed by atoms with Gasteiger partial charge in [0, 0.05) is 18.6 Å². The maximum absolute atomic E-state index is 11.2. The summed E-state index contributed by atoms with van der Waals surface area (Å²) < 4.78 is 0. The van der Waals surface area contributed by atoms with Gasteiger partial charge in [0.05, 0.1) is 6.54 Å². The Morgan fingerprint density at radius 1 is 1.64 bits per heavy atom. The Morgan fingerprint density at radius 2 is 2.27 bits per heavy atom. The van der Waals surface area contributed by atoms with Gasteiger partial charge in [0.15, 0.2) is 0 Å². The second kappa shape index (κ2) is 2.81. The Bertz CT molecular complexity index is 165. The minimum absolute atomic E-state index is 0.0872. The third-order valence-electron chi connectivity index (χ3n) is 2.04. The number of carbonyl (C=O) groups excluding carboxylic acids is 1. The highest BCUT2D eigenvalue weighted by Gasteiger charge is 2.28. The van der Waals surface area contributed by atoms with Crippen molar-refractivity contribution in [3.8, 4) is 0 Å². The summed E-state index contributed by atoms with van der Waals surface area (Å²) in [4.78, 5) is 13.1. The molecule has 1 fully saturated rings. The fraction of sp³-hybridized carbons (Fsp3) is 0.875. The van der Waals surface area contributed by atoms with Crippen molar-refractivity contribution >= 4 is 5.91 Å². The van der Waals surface area contributed by atoms with Crippen molar-refractivity contribution in [2.24, 2.45) is 0 Å². The summed E-state index contributed by atoms with van der Waals surface area (Å²) >= 11 is 0. The molecule has 0 saturated carbocycles. The van der Waals surface area contributed by atoms with E-state index in [1.807, 2.05) is 11.8 Å². The van der Waals surface area contributed by atoms with Crippen molar-refractivity contribution < 1.29 is 4.79 Å². The van der Waals surface area contributed by atoms with Gasteiger partial charge < -0.3 is 10.2 Å². The average Bonchev–Trinajstić information content (AvgIpc) is 1.94. The smallest absolute Gasteiger partial charge is 0.236 e. The Hall–Kier alpha value is -0.570. The van der Waals surface area contributed by atoms with Crippen molar-refractivity contribution in [3.63, 3.8) is 0 Å². The molecule has 1 aliphatic heterocycles. The van der Waals surface area contributed by atoms with Gasteiger partial charge in [-0.3, -0.25) is 4.79 Å². The van der Waals surface area contributed by atoms with Crippen molar-refractivity contribution in [1.29, 1.82) is 0 Å². The standard InChI is InChI=1S/C8H16N2O/c1-4-10-6-8(2,3)9-5-7(10)11/h9H,4-6H2,1-3H3. The van der Waals surface area contributed by atoms with E-state index in [2.05, 4.69) is 19.2 Å². The van der Waals surface area contributed by atoms with Crippen molar-refractivity contribution in [2.45, 2.75) is 26.3 Å². The molecule has 0 aliphatic carbocycles. The molecule has 0 radical (unpaired) electrons. The molecule has 0 aromatic rings. The molecular formula is C8H16N2O. The van der Waals surface area contributed by atoms with Crippen LogP contribution in [0.5, 0.6) is 0 Å². The van der Waals surface area contributed by atoms with Gasteiger partial charge in [-0.05, 0) is 20.8 Å². The maximum Gasteiger partial charge on any atom is 0.236 e. The fourth-order valence-electron chi connectivity index (χ4n) is 1.34. The van der Waals surface area contributed by atoms with Crippen LogP contribution in [0.25, 0.3) is 0 Å². The molecule has 11 heavy (non-hydrogen) atoms. The third-order valence-corrected chi connectivity index (χ3v) is 2.04. The lowest BCUT2D eigenvalue weighted by molar-refractivity contribution is -0.134. The van der Waals surface area contributed by atoms with E-state index in [0.717, 1.165) is 13.1 Å². The molecule has 0 unspecified atom stereocenters. The number of likely N-dealkylation sites (N-methyl/N-ethyl adjacent to an activating group) is 1. The number of hydrogen-bond donors (Lipinski definition) is 1. The molecule has 3 nitrogen and oxygen atoms in total. The molecule has 64 valence electrons. The largest absolute Gasteiger partial charge is 0.340 e. The lowest BCUT2D eigenvalue weighted by atomic mass is 10.0. The van der Waals surface area contributed by atoms with Crippen molar-refractivity contribution in [3.05, 3.63) is 0 Å². The van der Waals surface area contributed by atoms with E-state index in [9.17, 15) is 4.79 Å². The maximum atomic E-state index is 11.2.